The number of nitrogens with one attached hydrogen (secondary N) is 1. The molecular formula is C17H25N3. The minimum atomic E-state index is 0.107. The quantitative estimate of drug-likeness (QED) is 0.744. The average Bonchev–Trinajstić information content (AvgIpc) is 3.02. The van der Waals surface area contributed by atoms with Crippen molar-refractivity contribution in [1.29, 1.82) is 0 Å². The number of imidazole rings is 1. The number of aryl methyl sites for hydroxylation is 1. The van der Waals surface area contributed by atoms with Crippen LogP contribution in [0.4, 0.5) is 0 Å². The molecule has 0 aliphatic rings. The Balaban J connectivity index is 1.92. The highest BCUT2D eigenvalue weighted by atomic mass is 15.0. The SMILES string of the molecule is CCC(CC)(NCCCn1ccnc1)c1ccccc1. The molecule has 0 aliphatic carbocycles. The van der Waals surface area contributed by atoms with Crippen LogP contribution in [-0.2, 0) is 12.1 Å². The van der Waals surface area contributed by atoms with Crippen LogP contribution in [0.25, 0.3) is 0 Å². The molecule has 1 heterocycles. The highest BCUT2D eigenvalue weighted by Gasteiger charge is 2.26. The Labute approximate surface area is 122 Å². The van der Waals surface area contributed by atoms with Crippen molar-refractivity contribution in [3.05, 3.63) is 54.6 Å². The Morgan fingerprint density at radius 1 is 1.15 bits per heavy atom. The van der Waals surface area contributed by atoms with Gasteiger partial charge in [-0.05, 0) is 31.4 Å². The van der Waals surface area contributed by atoms with Gasteiger partial charge in [0.1, 0.15) is 0 Å². The molecule has 0 saturated carbocycles. The van der Waals surface area contributed by atoms with Gasteiger partial charge in [-0.3, -0.25) is 0 Å². The second kappa shape index (κ2) is 7.25. The molecule has 20 heavy (non-hydrogen) atoms. The summed E-state index contributed by atoms with van der Waals surface area (Å²) < 4.78 is 2.13. The topological polar surface area (TPSA) is 29.9 Å². The first kappa shape index (κ1) is 14.8. The van der Waals surface area contributed by atoms with E-state index in [2.05, 4.69) is 59.0 Å². The lowest BCUT2D eigenvalue weighted by Gasteiger charge is -2.34. The largest absolute Gasteiger partial charge is 0.337 e. The third kappa shape index (κ3) is 3.48. The van der Waals surface area contributed by atoms with Gasteiger partial charge in [0, 0.05) is 24.5 Å². The van der Waals surface area contributed by atoms with E-state index in [1.165, 1.54) is 5.56 Å². The Bertz CT molecular complexity index is 472. The van der Waals surface area contributed by atoms with E-state index < -0.39 is 0 Å². The van der Waals surface area contributed by atoms with Crippen LogP contribution >= 0.6 is 0 Å². The van der Waals surface area contributed by atoms with Crippen LogP contribution in [0.1, 0.15) is 38.7 Å². The van der Waals surface area contributed by atoms with Gasteiger partial charge >= 0.3 is 0 Å². The fourth-order valence-electron chi connectivity index (χ4n) is 2.78. The number of rotatable bonds is 8. The lowest BCUT2D eigenvalue weighted by atomic mass is 9.84. The van der Waals surface area contributed by atoms with Crippen molar-refractivity contribution >= 4 is 0 Å². The highest BCUT2D eigenvalue weighted by Crippen LogP contribution is 2.28. The van der Waals surface area contributed by atoms with Gasteiger partial charge in [-0.2, -0.15) is 0 Å². The van der Waals surface area contributed by atoms with Crippen molar-refractivity contribution in [2.75, 3.05) is 6.54 Å². The smallest absolute Gasteiger partial charge is 0.0945 e. The molecule has 0 aliphatic heterocycles. The third-order valence-electron chi connectivity index (χ3n) is 4.15. The summed E-state index contributed by atoms with van der Waals surface area (Å²) in [6.07, 6.45) is 9.07. The number of hydrogen-bond donors (Lipinski definition) is 1. The molecule has 0 fully saturated rings. The van der Waals surface area contributed by atoms with Crippen molar-refractivity contribution < 1.29 is 0 Å². The van der Waals surface area contributed by atoms with E-state index in [0.717, 1.165) is 32.4 Å². The van der Waals surface area contributed by atoms with Crippen molar-refractivity contribution in [2.45, 2.75) is 45.2 Å². The third-order valence-corrected chi connectivity index (χ3v) is 4.15. The molecule has 1 aromatic carbocycles. The fraction of sp³-hybridized carbons (Fsp3) is 0.471. The maximum atomic E-state index is 4.07. The van der Waals surface area contributed by atoms with Crippen LogP contribution in [0.3, 0.4) is 0 Å². The number of nitrogens with zero attached hydrogens (tertiary/aromatic N) is 2. The molecule has 3 nitrogen and oxygen atoms in total. The normalized spacial score (nSPS) is 11.7. The van der Waals surface area contributed by atoms with Gasteiger partial charge in [-0.25, -0.2) is 4.98 Å². The number of benzene rings is 1. The molecule has 3 heteroatoms. The molecule has 0 radical (unpaired) electrons. The van der Waals surface area contributed by atoms with Gasteiger partial charge in [-0.15, -0.1) is 0 Å². The summed E-state index contributed by atoms with van der Waals surface area (Å²) in [4.78, 5) is 4.07. The van der Waals surface area contributed by atoms with Crippen molar-refractivity contribution in [3.8, 4) is 0 Å². The predicted molar refractivity (Wildman–Crippen MR) is 83.5 cm³/mol. The van der Waals surface area contributed by atoms with Crippen LogP contribution in [0.15, 0.2) is 49.1 Å². The molecule has 2 aromatic rings. The van der Waals surface area contributed by atoms with Gasteiger partial charge in [0.25, 0.3) is 0 Å². The van der Waals surface area contributed by atoms with E-state index in [1.807, 2.05) is 18.7 Å². The molecule has 1 N–H and O–H groups in total. The molecular weight excluding hydrogens is 246 g/mol. The van der Waals surface area contributed by atoms with Crippen molar-refractivity contribution in [2.24, 2.45) is 0 Å². The van der Waals surface area contributed by atoms with Crippen LogP contribution in [-0.4, -0.2) is 16.1 Å². The zero-order valence-electron chi connectivity index (χ0n) is 12.5. The maximum absolute atomic E-state index is 4.07. The molecule has 0 atom stereocenters. The first-order valence-corrected chi connectivity index (χ1v) is 7.57. The van der Waals surface area contributed by atoms with E-state index in [9.17, 15) is 0 Å². The fourth-order valence-corrected chi connectivity index (χ4v) is 2.78. The molecule has 0 spiro atoms. The minimum absolute atomic E-state index is 0.107. The van der Waals surface area contributed by atoms with Crippen molar-refractivity contribution in [1.82, 2.24) is 14.9 Å². The summed E-state index contributed by atoms with van der Waals surface area (Å²) in [5.74, 6) is 0. The number of aromatic nitrogens is 2. The summed E-state index contributed by atoms with van der Waals surface area (Å²) in [6, 6.07) is 10.8. The maximum Gasteiger partial charge on any atom is 0.0945 e. The first-order valence-electron chi connectivity index (χ1n) is 7.57. The second-order valence-electron chi connectivity index (χ2n) is 5.24. The van der Waals surface area contributed by atoms with E-state index in [4.69, 9.17) is 0 Å². The van der Waals surface area contributed by atoms with Crippen LogP contribution < -0.4 is 5.32 Å². The molecule has 1 aromatic heterocycles. The molecule has 0 unspecified atom stereocenters. The van der Waals surface area contributed by atoms with Crippen LogP contribution in [0.2, 0.25) is 0 Å². The first-order chi connectivity index (χ1) is 9.80. The summed E-state index contributed by atoms with van der Waals surface area (Å²) in [6.45, 7) is 6.57. The Kier molecular flexibility index (Phi) is 5.36. The zero-order chi connectivity index (χ0) is 14.3. The standard InChI is InChI=1S/C17H25N3/c1-3-17(4-2,16-9-6-5-7-10-16)19-11-8-13-20-14-12-18-15-20/h5-7,9-10,12,14-15,19H,3-4,8,11,13H2,1-2H3. The van der Waals surface area contributed by atoms with Gasteiger partial charge < -0.3 is 9.88 Å². The molecule has 0 saturated heterocycles. The van der Waals surface area contributed by atoms with E-state index in [-0.39, 0.29) is 5.54 Å². The lowest BCUT2D eigenvalue weighted by molar-refractivity contribution is 0.304. The summed E-state index contributed by atoms with van der Waals surface area (Å²) in [5, 5.41) is 3.78. The minimum Gasteiger partial charge on any atom is -0.337 e. The molecule has 2 rings (SSSR count). The van der Waals surface area contributed by atoms with Crippen LogP contribution in [0.5, 0.6) is 0 Å². The van der Waals surface area contributed by atoms with E-state index >= 15 is 0 Å². The van der Waals surface area contributed by atoms with Gasteiger partial charge in [0.05, 0.1) is 6.33 Å². The van der Waals surface area contributed by atoms with Gasteiger partial charge in [-0.1, -0.05) is 44.2 Å². The molecule has 0 amide bonds. The Hall–Kier alpha value is -1.61. The monoisotopic (exact) mass is 271 g/mol. The summed E-state index contributed by atoms with van der Waals surface area (Å²) in [5.41, 5.74) is 1.50. The summed E-state index contributed by atoms with van der Waals surface area (Å²) >= 11 is 0. The van der Waals surface area contributed by atoms with Crippen molar-refractivity contribution in [3.63, 3.8) is 0 Å². The van der Waals surface area contributed by atoms with E-state index in [1.54, 1.807) is 0 Å². The van der Waals surface area contributed by atoms with Gasteiger partial charge in [0.15, 0.2) is 0 Å². The second-order valence-corrected chi connectivity index (χ2v) is 5.24. The number of hydrogen-bond acceptors (Lipinski definition) is 2. The lowest BCUT2D eigenvalue weighted by Crippen LogP contribution is -2.42. The molecule has 108 valence electrons. The highest BCUT2D eigenvalue weighted by molar-refractivity contribution is 5.24. The zero-order valence-corrected chi connectivity index (χ0v) is 12.5. The Morgan fingerprint density at radius 3 is 2.50 bits per heavy atom. The van der Waals surface area contributed by atoms with Crippen LogP contribution in [0, 0.1) is 0 Å². The predicted octanol–water partition coefficient (Wildman–Crippen LogP) is 3.58. The Morgan fingerprint density at radius 2 is 1.90 bits per heavy atom. The van der Waals surface area contributed by atoms with Gasteiger partial charge in [0.2, 0.25) is 0 Å². The molecule has 0 bridgehead atoms. The average molecular weight is 271 g/mol. The van der Waals surface area contributed by atoms with E-state index in [0.29, 0.717) is 0 Å². The summed E-state index contributed by atoms with van der Waals surface area (Å²) in [7, 11) is 0.